The van der Waals surface area contributed by atoms with Crippen molar-refractivity contribution in [1.29, 1.82) is 0 Å². The third-order valence-electron chi connectivity index (χ3n) is 1.92. The molecule has 1 aromatic carbocycles. The summed E-state index contributed by atoms with van der Waals surface area (Å²) in [5, 5.41) is 4.45. The molecule has 0 aliphatic rings. The molecule has 0 saturated carbocycles. The lowest BCUT2D eigenvalue weighted by molar-refractivity contribution is 0.103. The Hall–Kier alpha value is -1.20. The van der Waals surface area contributed by atoms with Crippen molar-refractivity contribution in [2.45, 2.75) is 0 Å². The van der Waals surface area contributed by atoms with Crippen LogP contribution in [0.5, 0.6) is 0 Å². The van der Waals surface area contributed by atoms with Gasteiger partial charge in [-0.3, -0.25) is 4.79 Å². The normalized spacial score (nSPS) is 10.1. The third kappa shape index (κ3) is 2.48. The maximum absolute atomic E-state index is 13.0. The van der Waals surface area contributed by atoms with Gasteiger partial charge in [-0.15, -0.1) is 11.3 Å². The van der Waals surface area contributed by atoms with E-state index in [0.717, 1.165) is 0 Å². The van der Waals surface area contributed by atoms with E-state index >= 15 is 0 Å². The van der Waals surface area contributed by atoms with Gasteiger partial charge in [0, 0.05) is 4.47 Å². The summed E-state index contributed by atoms with van der Waals surface area (Å²) in [5.74, 6) is -0.619. The topological polar surface area (TPSA) is 29.1 Å². The van der Waals surface area contributed by atoms with Gasteiger partial charge in [-0.25, -0.2) is 4.39 Å². The summed E-state index contributed by atoms with van der Waals surface area (Å²) in [6.45, 7) is 0. The Labute approximate surface area is 104 Å². The van der Waals surface area contributed by atoms with E-state index in [9.17, 15) is 9.18 Å². The van der Waals surface area contributed by atoms with Crippen LogP contribution in [0.1, 0.15) is 9.67 Å². The van der Waals surface area contributed by atoms with Gasteiger partial charge in [0.15, 0.2) is 0 Å². The molecule has 5 heteroatoms. The molecule has 0 fully saturated rings. The fourth-order valence-electron chi connectivity index (χ4n) is 1.18. The van der Waals surface area contributed by atoms with Gasteiger partial charge in [0.05, 0.1) is 10.6 Å². The van der Waals surface area contributed by atoms with Gasteiger partial charge in [0.25, 0.3) is 5.91 Å². The molecule has 0 aliphatic heterocycles. The number of amides is 1. The smallest absolute Gasteiger partial charge is 0.265 e. The molecule has 1 aromatic heterocycles. The molecule has 82 valence electrons. The van der Waals surface area contributed by atoms with Crippen molar-refractivity contribution in [1.82, 2.24) is 0 Å². The molecule has 0 saturated heterocycles. The number of carbonyl (C=O) groups excluding carboxylic acids is 1. The minimum Gasteiger partial charge on any atom is -0.320 e. The van der Waals surface area contributed by atoms with E-state index in [1.807, 2.05) is 5.38 Å². The lowest BCUT2D eigenvalue weighted by Gasteiger charge is -2.05. The average Bonchev–Trinajstić information content (AvgIpc) is 2.76. The number of hydrogen-bond donors (Lipinski definition) is 1. The molecule has 1 N–H and O–H groups in total. The second kappa shape index (κ2) is 4.76. The van der Waals surface area contributed by atoms with Crippen molar-refractivity contribution < 1.29 is 9.18 Å². The first-order valence-electron chi connectivity index (χ1n) is 4.47. The van der Waals surface area contributed by atoms with E-state index in [0.29, 0.717) is 15.0 Å². The summed E-state index contributed by atoms with van der Waals surface area (Å²) in [4.78, 5) is 12.3. The fourth-order valence-corrected chi connectivity index (χ4v) is 2.15. The van der Waals surface area contributed by atoms with Gasteiger partial charge in [0.2, 0.25) is 0 Å². The van der Waals surface area contributed by atoms with E-state index in [2.05, 4.69) is 21.2 Å². The van der Waals surface area contributed by atoms with E-state index < -0.39 is 0 Å². The first-order valence-corrected chi connectivity index (χ1v) is 6.14. The van der Waals surface area contributed by atoms with Crippen LogP contribution in [0.3, 0.4) is 0 Å². The highest BCUT2D eigenvalue weighted by Crippen LogP contribution is 2.24. The van der Waals surface area contributed by atoms with Crippen molar-refractivity contribution in [3.63, 3.8) is 0 Å². The van der Waals surface area contributed by atoms with Gasteiger partial charge < -0.3 is 5.32 Å². The summed E-state index contributed by atoms with van der Waals surface area (Å²) >= 11 is 4.58. The lowest BCUT2D eigenvalue weighted by Crippen LogP contribution is -2.10. The summed E-state index contributed by atoms with van der Waals surface area (Å²) in [6.07, 6.45) is 0. The largest absolute Gasteiger partial charge is 0.320 e. The van der Waals surface area contributed by atoms with Gasteiger partial charge in [0.1, 0.15) is 5.82 Å². The minimum absolute atomic E-state index is 0.235. The van der Waals surface area contributed by atoms with Gasteiger partial charge in [-0.05, 0) is 45.6 Å². The number of thiophene rings is 1. The van der Waals surface area contributed by atoms with Crippen molar-refractivity contribution in [3.05, 3.63) is 50.9 Å². The summed E-state index contributed by atoms with van der Waals surface area (Å²) < 4.78 is 13.6. The zero-order chi connectivity index (χ0) is 11.5. The van der Waals surface area contributed by atoms with Gasteiger partial charge in [-0.1, -0.05) is 6.07 Å². The zero-order valence-corrected chi connectivity index (χ0v) is 10.4. The van der Waals surface area contributed by atoms with E-state index in [1.165, 1.54) is 23.5 Å². The van der Waals surface area contributed by atoms with Crippen LogP contribution in [0.15, 0.2) is 40.2 Å². The van der Waals surface area contributed by atoms with Crippen LogP contribution in [-0.2, 0) is 0 Å². The van der Waals surface area contributed by atoms with E-state index in [4.69, 9.17) is 0 Å². The Kier molecular flexibility index (Phi) is 3.36. The molecule has 0 spiro atoms. The number of benzene rings is 1. The first kappa shape index (κ1) is 11.3. The number of nitrogens with one attached hydrogen (secondary N) is 1. The summed E-state index contributed by atoms with van der Waals surface area (Å²) in [5.41, 5.74) is 0.429. The predicted molar refractivity (Wildman–Crippen MR) is 66.4 cm³/mol. The highest BCUT2D eigenvalue weighted by molar-refractivity contribution is 9.10. The lowest BCUT2D eigenvalue weighted by atomic mass is 10.3. The van der Waals surface area contributed by atoms with Crippen molar-refractivity contribution in [3.8, 4) is 0 Å². The second-order valence-corrected chi connectivity index (χ2v) is 4.86. The van der Waals surface area contributed by atoms with Crippen LogP contribution in [0, 0.1) is 5.82 Å². The minimum atomic E-state index is -0.385. The number of hydrogen-bond acceptors (Lipinski definition) is 2. The van der Waals surface area contributed by atoms with Crippen molar-refractivity contribution in [2.24, 2.45) is 0 Å². The Morgan fingerprint density at radius 1 is 1.38 bits per heavy atom. The van der Waals surface area contributed by atoms with Crippen molar-refractivity contribution >= 4 is 38.9 Å². The Morgan fingerprint density at radius 3 is 2.88 bits per heavy atom. The monoisotopic (exact) mass is 299 g/mol. The molecule has 0 aliphatic carbocycles. The third-order valence-corrected chi connectivity index (χ3v) is 3.48. The van der Waals surface area contributed by atoms with Crippen molar-refractivity contribution in [2.75, 3.05) is 5.32 Å². The van der Waals surface area contributed by atoms with Crippen LogP contribution in [0.2, 0.25) is 0 Å². The molecule has 2 rings (SSSR count). The Bertz CT molecular complexity index is 513. The van der Waals surface area contributed by atoms with E-state index in [-0.39, 0.29) is 11.7 Å². The quantitative estimate of drug-likeness (QED) is 0.895. The number of anilines is 1. The Morgan fingerprint density at radius 2 is 2.19 bits per heavy atom. The standard InChI is InChI=1S/C11H7BrFNOS/c12-8-4-3-7(13)6-9(8)14-11(15)10-2-1-5-16-10/h1-6H,(H,14,15). The summed E-state index contributed by atoms with van der Waals surface area (Å²) in [6, 6.07) is 7.66. The molecule has 1 heterocycles. The Balaban J connectivity index is 2.21. The fraction of sp³-hybridized carbons (Fsp3) is 0. The van der Waals surface area contributed by atoms with Crippen LogP contribution in [0.25, 0.3) is 0 Å². The SMILES string of the molecule is O=C(Nc1cc(F)ccc1Br)c1cccs1. The van der Waals surface area contributed by atoms with Crippen LogP contribution < -0.4 is 5.32 Å². The molecular formula is C11H7BrFNOS. The molecule has 0 radical (unpaired) electrons. The van der Waals surface area contributed by atoms with E-state index in [1.54, 1.807) is 18.2 Å². The molecule has 2 nitrogen and oxygen atoms in total. The van der Waals surface area contributed by atoms with Crippen LogP contribution >= 0.6 is 27.3 Å². The molecule has 16 heavy (non-hydrogen) atoms. The molecule has 0 unspecified atom stereocenters. The molecule has 0 atom stereocenters. The highest BCUT2D eigenvalue weighted by Gasteiger charge is 2.09. The number of carbonyl (C=O) groups is 1. The first-order chi connectivity index (χ1) is 7.66. The van der Waals surface area contributed by atoms with Gasteiger partial charge >= 0.3 is 0 Å². The maximum Gasteiger partial charge on any atom is 0.265 e. The second-order valence-electron chi connectivity index (χ2n) is 3.06. The molecular weight excluding hydrogens is 293 g/mol. The van der Waals surface area contributed by atoms with Gasteiger partial charge in [-0.2, -0.15) is 0 Å². The molecule has 1 amide bonds. The highest BCUT2D eigenvalue weighted by atomic mass is 79.9. The summed E-state index contributed by atoms with van der Waals surface area (Å²) in [7, 11) is 0. The molecule has 2 aromatic rings. The predicted octanol–water partition coefficient (Wildman–Crippen LogP) is 3.90. The number of rotatable bonds is 2. The molecule has 0 bridgehead atoms. The average molecular weight is 300 g/mol. The van der Waals surface area contributed by atoms with Crippen LogP contribution in [-0.4, -0.2) is 5.91 Å². The van der Waals surface area contributed by atoms with Crippen LogP contribution in [0.4, 0.5) is 10.1 Å². The maximum atomic E-state index is 13.0. The zero-order valence-electron chi connectivity index (χ0n) is 8.04. The number of halogens is 2.